The van der Waals surface area contributed by atoms with Crippen molar-refractivity contribution in [2.24, 2.45) is 10.9 Å². The quantitative estimate of drug-likeness (QED) is 0.185. The fraction of sp³-hybridized carbons (Fsp3) is 0.652. The van der Waals surface area contributed by atoms with Crippen LogP contribution in [0.3, 0.4) is 0 Å². The molecular weight excluding hydrogens is 525 g/mol. The van der Waals surface area contributed by atoms with Crippen LogP contribution in [0.1, 0.15) is 57.1 Å². The van der Waals surface area contributed by atoms with Crippen molar-refractivity contribution < 1.29 is 4.79 Å². The molecule has 8 heteroatoms. The van der Waals surface area contributed by atoms with E-state index >= 15 is 0 Å². The summed E-state index contributed by atoms with van der Waals surface area (Å²) in [6.07, 6.45) is 5.98. The minimum atomic E-state index is 0. The Kier molecular flexibility index (Phi) is 11.4. The standard InChI is InChI=1S/C23H36ClN5O.HI/c1-3-25-23(26-13-5-10-21(30)28-20-11-12-20)27-16-18-8-6-14-29(2)22(18)17-7-4-9-19(24)15-17;/h4,7,9,15,18,20,22H,3,5-6,8,10-14,16H2,1-2H3,(H,28,30)(H2,25,26,27);1H. The van der Waals surface area contributed by atoms with Crippen LogP contribution in [0, 0.1) is 5.92 Å². The van der Waals surface area contributed by atoms with Gasteiger partial charge >= 0.3 is 0 Å². The van der Waals surface area contributed by atoms with Crippen LogP contribution in [0.15, 0.2) is 29.3 Å². The van der Waals surface area contributed by atoms with Crippen molar-refractivity contribution in [1.82, 2.24) is 20.9 Å². The van der Waals surface area contributed by atoms with Crippen LogP contribution in [0.4, 0.5) is 0 Å². The van der Waals surface area contributed by atoms with E-state index in [0.717, 1.165) is 62.8 Å². The third kappa shape index (κ3) is 8.77. The number of hydrogen-bond acceptors (Lipinski definition) is 3. The van der Waals surface area contributed by atoms with Gasteiger partial charge in [-0.05, 0) is 76.2 Å². The summed E-state index contributed by atoms with van der Waals surface area (Å²) in [7, 11) is 2.19. The van der Waals surface area contributed by atoms with Crippen LogP contribution in [0.25, 0.3) is 0 Å². The number of nitrogens with zero attached hydrogens (tertiary/aromatic N) is 2. The van der Waals surface area contributed by atoms with Gasteiger partial charge in [0.15, 0.2) is 5.96 Å². The van der Waals surface area contributed by atoms with Crippen molar-refractivity contribution in [3.05, 3.63) is 34.9 Å². The Labute approximate surface area is 209 Å². The molecule has 174 valence electrons. The zero-order valence-electron chi connectivity index (χ0n) is 18.7. The van der Waals surface area contributed by atoms with Gasteiger partial charge in [0.2, 0.25) is 5.91 Å². The molecule has 1 amide bonds. The lowest BCUT2D eigenvalue weighted by atomic mass is 9.85. The lowest BCUT2D eigenvalue weighted by Gasteiger charge is -2.39. The van der Waals surface area contributed by atoms with Crippen LogP contribution in [0.5, 0.6) is 0 Å². The summed E-state index contributed by atoms with van der Waals surface area (Å²) in [5.41, 5.74) is 1.27. The van der Waals surface area contributed by atoms with Crippen molar-refractivity contribution in [2.75, 3.05) is 33.2 Å². The van der Waals surface area contributed by atoms with E-state index in [0.29, 0.717) is 24.4 Å². The molecule has 2 atom stereocenters. The van der Waals surface area contributed by atoms with Gasteiger partial charge in [-0.3, -0.25) is 14.7 Å². The average molecular weight is 562 g/mol. The molecule has 31 heavy (non-hydrogen) atoms. The molecule has 6 nitrogen and oxygen atoms in total. The Morgan fingerprint density at radius 3 is 2.77 bits per heavy atom. The summed E-state index contributed by atoms with van der Waals surface area (Å²) in [5.74, 6) is 1.44. The molecule has 1 aromatic rings. The number of rotatable bonds is 9. The van der Waals surface area contributed by atoms with E-state index in [1.54, 1.807) is 0 Å². The van der Waals surface area contributed by atoms with Gasteiger partial charge in [-0.2, -0.15) is 0 Å². The molecule has 2 unspecified atom stereocenters. The number of likely N-dealkylation sites (tertiary alicyclic amines) is 1. The van der Waals surface area contributed by atoms with Gasteiger partial charge in [0.25, 0.3) is 0 Å². The first-order valence-electron chi connectivity index (χ1n) is 11.3. The molecule has 1 aliphatic carbocycles. The number of halogens is 2. The van der Waals surface area contributed by atoms with Crippen LogP contribution in [0.2, 0.25) is 5.02 Å². The van der Waals surface area contributed by atoms with Crippen LogP contribution < -0.4 is 16.0 Å². The van der Waals surface area contributed by atoms with Crippen LogP contribution in [-0.4, -0.2) is 56.0 Å². The molecule has 1 aromatic carbocycles. The SMILES string of the molecule is CCNC(=NCC1CCCN(C)C1c1cccc(Cl)c1)NCCCC(=O)NC1CC1.I. The second-order valence-electron chi connectivity index (χ2n) is 8.47. The van der Waals surface area contributed by atoms with E-state index in [2.05, 4.69) is 47.0 Å². The van der Waals surface area contributed by atoms with Crippen molar-refractivity contribution in [1.29, 1.82) is 0 Å². The largest absolute Gasteiger partial charge is 0.357 e. The second kappa shape index (κ2) is 13.5. The Morgan fingerprint density at radius 1 is 1.26 bits per heavy atom. The summed E-state index contributed by atoms with van der Waals surface area (Å²) >= 11 is 6.26. The first-order chi connectivity index (χ1) is 14.6. The smallest absolute Gasteiger partial charge is 0.220 e. The van der Waals surface area contributed by atoms with E-state index in [4.69, 9.17) is 16.6 Å². The molecule has 0 bridgehead atoms. The predicted molar refractivity (Wildman–Crippen MR) is 139 cm³/mol. The number of carbonyl (C=O) groups is 1. The zero-order valence-corrected chi connectivity index (χ0v) is 21.8. The first kappa shape index (κ1) is 26.2. The summed E-state index contributed by atoms with van der Waals surface area (Å²) < 4.78 is 0. The minimum absolute atomic E-state index is 0. The van der Waals surface area contributed by atoms with Crippen molar-refractivity contribution in [2.45, 2.75) is 57.5 Å². The molecular formula is C23H37ClIN5O. The molecule has 1 saturated carbocycles. The van der Waals surface area contributed by atoms with Gasteiger partial charge in [0.1, 0.15) is 0 Å². The Morgan fingerprint density at radius 2 is 2.06 bits per heavy atom. The summed E-state index contributed by atoms with van der Waals surface area (Å²) in [6, 6.07) is 8.98. The monoisotopic (exact) mass is 561 g/mol. The topological polar surface area (TPSA) is 68.8 Å². The van der Waals surface area contributed by atoms with E-state index in [1.807, 2.05) is 12.1 Å². The number of carbonyl (C=O) groups excluding carboxylic acids is 1. The number of nitrogens with one attached hydrogen (secondary N) is 3. The van der Waals surface area contributed by atoms with Crippen LogP contribution >= 0.6 is 35.6 Å². The highest BCUT2D eigenvalue weighted by atomic mass is 127. The molecule has 1 aliphatic heterocycles. The normalized spacial score (nSPS) is 21.8. The second-order valence-corrected chi connectivity index (χ2v) is 8.91. The molecule has 1 heterocycles. The number of amides is 1. The zero-order chi connectivity index (χ0) is 21.3. The van der Waals surface area contributed by atoms with Gasteiger partial charge in [0, 0.05) is 43.2 Å². The first-order valence-corrected chi connectivity index (χ1v) is 11.7. The third-order valence-corrected chi connectivity index (χ3v) is 6.08. The van der Waals surface area contributed by atoms with Gasteiger partial charge in [-0.1, -0.05) is 23.7 Å². The molecule has 0 radical (unpaired) electrons. The summed E-state index contributed by atoms with van der Waals surface area (Å²) in [5, 5.41) is 10.5. The molecule has 0 spiro atoms. The Balaban J connectivity index is 0.00000341. The Bertz CT molecular complexity index is 728. The highest BCUT2D eigenvalue weighted by molar-refractivity contribution is 14.0. The van der Waals surface area contributed by atoms with Gasteiger partial charge in [0.05, 0.1) is 0 Å². The molecule has 3 N–H and O–H groups in total. The molecule has 2 aliphatic rings. The average Bonchev–Trinajstić information content (AvgIpc) is 3.53. The highest BCUT2D eigenvalue weighted by Crippen LogP contribution is 2.36. The molecule has 1 saturated heterocycles. The van der Waals surface area contributed by atoms with Crippen LogP contribution in [-0.2, 0) is 4.79 Å². The van der Waals surface area contributed by atoms with Crippen molar-refractivity contribution >= 4 is 47.4 Å². The van der Waals surface area contributed by atoms with E-state index < -0.39 is 0 Å². The van der Waals surface area contributed by atoms with Crippen molar-refractivity contribution in [3.63, 3.8) is 0 Å². The molecule has 0 aromatic heterocycles. The van der Waals surface area contributed by atoms with Crippen molar-refractivity contribution in [3.8, 4) is 0 Å². The predicted octanol–water partition coefficient (Wildman–Crippen LogP) is 3.95. The fourth-order valence-electron chi connectivity index (χ4n) is 4.20. The maximum atomic E-state index is 11.8. The minimum Gasteiger partial charge on any atom is -0.357 e. The third-order valence-electron chi connectivity index (χ3n) is 5.84. The lowest BCUT2D eigenvalue weighted by Crippen LogP contribution is -2.40. The number of benzene rings is 1. The van der Waals surface area contributed by atoms with Gasteiger partial charge in [-0.15, -0.1) is 24.0 Å². The molecule has 3 rings (SSSR count). The lowest BCUT2D eigenvalue weighted by molar-refractivity contribution is -0.121. The number of piperidine rings is 1. The fourth-order valence-corrected chi connectivity index (χ4v) is 4.40. The summed E-state index contributed by atoms with van der Waals surface area (Å²) in [4.78, 5) is 19.1. The maximum absolute atomic E-state index is 11.8. The highest BCUT2D eigenvalue weighted by Gasteiger charge is 2.30. The van der Waals surface area contributed by atoms with Gasteiger partial charge < -0.3 is 16.0 Å². The molecule has 2 fully saturated rings. The number of hydrogen-bond donors (Lipinski definition) is 3. The van der Waals surface area contributed by atoms with E-state index in [1.165, 1.54) is 12.0 Å². The van der Waals surface area contributed by atoms with E-state index in [-0.39, 0.29) is 29.9 Å². The van der Waals surface area contributed by atoms with Gasteiger partial charge in [-0.25, -0.2) is 0 Å². The number of guanidine groups is 1. The van der Waals surface area contributed by atoms with E-state index in [9.17, 15) is 4.79 Å². The number of aliphatic imine (C=N–C) groups is 1. The summed E-state index contributed by atoms with van der Waals surface area (Å²) in [6.45, 7) is 5.49. The maximum Gasteiger partial charge on any atom is 0.220 e. The Hall–Kier alpha value is -1.06.